The predicted molar refractivity (Wildman–Crippen MR) is 135 cm³/mol. The van der Waals surface area contributed by atoms with Gasteiger partial charge in [-0.2, -0.15) is 13.2 Å². The molecule has 0 aliphatic carbocycles. The summed E-state index contributed by atoms with van der Waals surface area (Å²) in [6.07, 6.45) is -4.00. The Morgan fingerprint density at radius 1 is 1.00 bits per heavy atom. The number of hydrogen-bond acceptors (Lipinski definition) is 6. The van der Waals surface area contributed by atoms with Crippen molar-refractivity contribution >= 4 is 29.3 Å². The minimum Gasteiger partial charge on any atom is -0.493 e. The highest BCUT2D eigenvalue weighted by atomic mass is 32.2. The number of nitrogens with one attached hydrogen (secondary N) is 1. The monoisotopic (exact) mass is 527 g/mol. The molecule has 0 aliphatic heterocycles. The number of rotatable bonds is 11. The first-order valence-electron chi connectivity index (χ1n) is 11.4. The van der Waals surface area contributed by atoms with Crippen LogP contribution in [0.3, 0.4) is 0 Å². The Balaban J connectivity index is 2.33. The number of ether oxygens (including phenoxy) is 3. The number of anilines is 1. The van der Waals surface area contributed by atoms with E-state index in [2.05, 4.69) is 5.32 Å². The fraction of sp³-hybridized carbons (Fsp3) is 0.462. The summed E-state index contributed by atoms with van der Waals surface area (Å²) < 4.78 is 54.7. The molecule has 0 spiro atoms. The summed E-state index contributed by atoms with van der Waals surface area (Å²) >= 11 is 0.692. The number of hydrogen-bond donors (Lipinski definition) is 1. The Bertz CT molecular complexity index is 1050. The van der Waals surface area contributed by atoms with Gasteiger partial charge >= 0.3 is 12.1 Å². The molecule has 0 aliphatic rings. The van der Waals surface area contributed by atoms with E-state index in [1.807, 2.05) is 20.8 Å². The SMILES string of the molecule is CCOC(=O)Cc1ccc(OC)c(Oc2ccc(NC(=O)CC(C)(C)C)cc2CSCC(F)(F)F)c1. The van der Waals surface area contributed by atoms with Crippen LogP contribution in [0.15, 0.2) is 36.4 Å². The Labute approximate surface area is 213 Å². The molecular weight excluding hydrogens is 495 g/mol. The van der Waals surface area contributed by atoms with Crippen molar-refractivity contribution in [3.8, 4) is 17.2 Å². The lowest BCUT2D eigenvalue weighted by atomic mass is 9.92. The minimum absolute atomic E-state index is 0.00264. The van der Waals surface area contributed by atoms with E-state index in [1.165, 1.54) is 7.11 Å². The predicted octanol–water partition coefficient (Wildman–Crippen LogP) is 6.76. The van der Waals surface area contributed by atoms with Crippen LogP contribution >= 0.6 is 11.8 Å². The minimum atomic E-state index is -4.31. The van der Waals surface area contributed by atoms with Gasteiger partial charge in [0.05, 0.1) is 25.9 Å². The van der Waals surface area contributed by atoms with Crippen LogP contribution in [0.25, 0.3) is 0 Å². The van der Waals surface area contributed by atoms with Gasteiger partial charge in [0.2, 0.25) is 5.91 Å². The van der Waals surface area contributed by atoms with Gasteiger partial charge < -0.3 is 19.5 Å². The number of alkyl halides is 3. The highest BCUT2D eigenvalue weighted by Crippen LogP contribution is 2.37. The maximum absolute atomic E-state index is 12.8. The number of methoxy groups -OCH3 is 1. The van der Waals surface area contributed by atoms with Crippen LogP contribution in [-0.2, 0) is 26.5 Å². The molecule has 0 unspecified atom stereocenters. The lowest BCUT2D eigenvalue weighted by molar-refractivity contribution is -0.142. The van der Waals surface area contributed by atoms with E-state index < -0.39 is 17.9 Å². The molecule has 36 heavy (non-hydrogen) atoms. The van der Waals surface area contributed by atoms with Gasteiger partial charge in [0.15, 0.2) is 11.5 Å². The van der Waals surface area contributed by atoms with E-state index >= 15 is 0 Å². The molecule has 0 saturated carbocycles. The van der Waals surface area contributed by atoms with Gasteiger partial charge in [0.1, 0.15) is 5.75 Å². The average Bonchev–Trinajstić information content (AvgIpc) is 2.73. The first-order chi connectivity index (χ1) is 16.8. The normalized spacial score (nSPS) is 11.7. The van der Waals surface area contributed by atoms with Gasteiger partial charge in [0, 0.05) is 23.4 Å². The van der Waals surface area contributed by atoms with Gasteiger partial charge in [-0.3, -0.25) is 9.59 Å². The van der Waals surface area contributed by atoms with Gasteiger partial charge in [-0.25, -0.2) is 0 Å². The van der Waals surface area contributed by atoms with E-state index in [9.17, 15) is 22.8 Å². The van der Waals surface area contributed by atoms with Gasteiger partial charge in [-0.15, -0.1) is 11.8 Å². The second-order valence-corrected chi connectivity index (χ2v) is 10.3. The summed E-state index contributed by atoms with van der Waals surface area (Å²) in [6, 6.07) is 9.80. The number of carbonyl (C=O) groups excluding carboxylic acids is 2. The summed E-state index contributed by atoms with van der Waals surface area (Å²) in [5, 5.41) is 2.80. The molecule has 2 aromatic carbocycles. The number of halogens is 3. The van der Waals surface area contributed by atoms with Crippen molar-refractivity contribution in [1.82, 2.24) is 0 Å². The van der Waals surface area contributed by atoms with Gasteiger partial charge in [0.25, 0.3) is 0 Å². The zero-order valence-corrected chi connectivity index (χ0v) is 21.9. The van der Waals surface area contributed by atoms with Crippen LogP contribution in [0.5, 0.6) is 17.2 Å². The Kier molecular flexibility index (Phi) is 10.5. The maximum atomic E-state index is 12.8. The smallest absolute Gasteiger partial charge is 0.397 e. The molecule has 6 nitrogen and oxygen atoms in total. The Hall–Kier alpha value is -2.88. The molecule has 10 heteroatoms. The zero-order valence-electron chi connectivity index (χ0n) is 21.1. The second-order valence-electron chi connectivity index (χ2n) is 9.29. The molecule has 2 aromatic rings. The van der Waals surface area contributed by atoms with E-state index in [0.717, 1.165) is 0 Å². The van der Waals surface area contributed by atoms with E-state index in [1.54, 1.807) is 43.3 Å². The number of thioether (sulfide) groups is 1. The molecular formula is C26H32F3NO5S. The lowest BCUT2D eigenvalue weighted by Crippen LogP contribution is -2.19. The number of carbonyl (C=O) groups is 2. The number of esters is 1. The molecule has 0 heterocycles. The zero-order chi connectivity index (χ0) is 26.9. The molecule has 0 radical (unpaired) electrons. The molecule has 1 N–H and O–H groups in total. The summed E-state index contributed by atoms with van der Waals surface area (Å²) in [7, 11) is 1.46. The van der Waals surface area contributed by atoms with Crippen LogP contribution in [0.2, 0.25) is 0 Å². The average molecular weight is 528 g/mol. The Morgan fingerprint density at radius 3 is 2.31 bits per heavy atom. The Morgan fingerprint density at radius 2 is 1.69 bits per heavy atom. The number of amides is 1. The summed E-state index contributed by atoms with van der Waals surface area (Å²) in [4.78, 5) is 24.2. The van der Waals surface area contributed by atoms with Gasteiger partial charge in [-0.1, -0.05) is 26.8 Å². The molecule has 0 atom stereocenters. The fourth-order valence-electron chi connectivity index (χ4n) is 3.24. The van der Waals surface area contributed by atoms with Crippen molar-refractivity contribution in [2.24, 2.45) is 5.41 Å². The molecule has 0 aromatic heterocycles. The van der Waals surface area contributed by atoms with Crippen LogP contribution in [-0.4, -0.2) is 37.5 Å². The molecule has 198 valence electrons. The molecule has 0 fully saturated rings. The van der Waals surface area contributed by atoms with Crippen molar-refractivity contribution in [2.45, 2.75) is 52.5 Å². The summed E-state index contributed by atoms with van der Waals surface area (Å²) in [6.45, 7) is 7.79. The van der Waals surface area contributed by atoms with E-state index in [4.69, 9.17) is 14.2 Å². The summed E-state index contributed by atoms with van der Waals surface area (Å²) in [5.41, 5.74) is 1.34. The van der Waals surface area contributed by atoms with E-state index in [0.29, 0.717) is 45.8 Å². The molecule has 0 saturated heterocycles. The van der Waals surface area contributed by atoms with Gasteiger partial charge in [-0.05, 0) is 48.2 Å². The molecule has 0 bridgehead atoms. The summed E-state index contributed by atoms with van der Waals surface area (Å²) in [5.74, 6) is -0.615. The van der Waals surface area contributed by atoms with E-state index in [-0.39, 0.29) is 36.5 Å². The quantitative estimate of drug-likeness (QED) is 0.326. The lowest BCUT2D eigenvalue weighted by Gasteiger charge is -2.19. The standard InChI is InChI=1S/C26H32F3NO5S/c1-6-34-24(32)12-17-7-9-21(33-5)22(11-17)35-20-10-8-19(30-23(31)14-25(2,3)4)13-18(20)15-36-16-26(27,28)29/h7-11,13H,6,12,14-16H2,1-5H3,(H,30,31). The first kappa shape index (κ1) is 29.4. The topological polar surface area (TPSA) is 73.9 Å². The van der Waals surface area contributed by atoms with Crippen LogP contribution < -0.4 is 14.8 Å². The highest BCUT2D eigenvalue weighted by Gasteiger charge is 2.27. The molecule has 2 rings (SSSR count). The van der Waals surface area contributed by atoms with Crippen molar-refractivity contribution in [3.63, 3.8) is 0 Å². The van der Waals surface area contributed by atoms with Crippen LogP contribution in [0, 0.1) is 5.41 Å². The fourth-order valence-corrected chi connectivity index (χ4v) is 4.02. The third kappa shape index (κ3) is 10.4. The first-order valence-corrected chi connectivity index (χ1v) is 12.5. The van der Waals surface area contributed by atoms with Crippen LogP contribution in [0.4, 0.5) is 18.9 Å². The van der Waals surface area contributed by atoms with Crippen molar-refractivity contribution in [2.75, 3.05) is 24.8 Å². The highest BCUT2D eigenvalue weighted by molar-refractivity contribution is 7.98. The largest absolute Gasteiger partial charge is 0.493 e. The third-order valence-electron chi connectivity index (χ3n) is 4.66. The maximum Gasteiger partial charge on any atom is 0.397 e. The van der Waals surface area contributed by atoms with Crippen LogP contribution in [0.1, 0.15) is 45.2 Å². The van der Waals surface area contributed by atoms with Crippen molar-refractivity contribution in [3.05, 3.63) is 47.5 Å². The molecule has 1 amide bonds. The third-order valence-corrected chi connectivity index (χ3v) is 5.71. The second kappa shape index (κ2) is 12.9. The van der Waals surface area contributed by atoms with Crippen molar-refractivity contribution in [1.29, 1.82) is 0 Å². The van der Waals surface area contributed by atoms with Crippen molar-refractivity contribution < 1.29 is 37.0 Å². The number of benzene rings is 2.